The fourth-order valence-corrected chi connectivity index (χ4v) is 2.89. The van der Waals surface area contributed by atoms with Crippen molar-refractivity contribution in [3.63, 3.8) is 0 Å². The van der Waals surface area contributed by atoms with Crippen molar-refractivity contribution in [2.45, 2.75) is 33.9 Å². The van der Waals surface area contributed by atoms with E-state index in [9.17, 15) is 4.79 Å². The molecule has 0 aliphatic carbocycles. The van der Waals surface area contributed by atoms with Crippen molar-refractivity contribution in [1.82, 2.24) is 9.55 Å². The van der Waals surface area contributed by atoms with E-state index in [2.05, 4.69) is 53.0 Å². The molecule has 2 N–H and O–H groups in total. The molecule has 118 valence electrons. The summed E-state index contributed by atoms with van der Waals surface area (Å²) in [6.07, 6.45) is 0.581. The maximum atomic E-state index is 12.1. The van der Waals surface area contributed by atoms with E-state index < -0.39 is 5.69 Å². The van der Waals surface area contributed by atoms with E-state index in [1.54, 1.807) is 0 Å². The van der Waals surface area contributed by atoms with Gasteiger partial charge in [0.25, 0.3) is 0 Å². The predicted octanol–water partition coefficient (Wildman–Crippen LogP) is 2.79. The lowest BCUT2D eigenvalue weighted by atomic mass is 10.0. The summed E-state index contributed by atoms with van der Waals surface area (Å²) in [5.74, 6) is 0.206. The number of aromatic nitrogens is 2. The Balaban J connectivity index is 2.50. The van der Waals surface area contributed by atoms with Crippen molar-refractivity contribution >= 4 is 21.7 Å². The van der Waals surface area contributed by atoms with Crippen LogP contribution in [0.5, 0.6) is 0 Å². The summed E-state index contributed by atoms with van der Waals surface area (Å²) in [6, 6.07) is 6.32. The first-order valence-electron chi connectivity index (χ1n) is 7.12. The van der Waals surface area contributed by atoms with E-state index in [4.69, 9.17) is 10.5 Å². The van der Waals surface area contributed by atoms with Crippen LogP contribution in [-0.2, 0) is 17.9 Å². The number of halogens is 1. The highest BCUT2D eigenvalue weighted by molar-refractivity contribution is 9.10. The normalized spacial score (nSPS) is 10.9. The van der Waals surface area contributed by atoms with Crippen molar-refractivity contribution in [3.05, 3.63) is 55.5 Å². The Bertz CT molecular complexity index is 721. The SMILES string of the molecule is CCOCn1c(Cc2cc(C)cc(C)c2)c(Br)c(N)nc1=O. The van der Waals surface area contributed by atoms with Crippen LogP contribution in [0, 0.1) is 13.8 Å². The number of benzene rings is 1. The Hall–Kier alpha value is -1.66. The highest BCUT2D eigenvalue weighted by atomic mass is 79.9. The summed E-state index contributed by atoms with van der Waals surface area (Å²) in [7, 11) is 0. The Labute approximate surface area is 138 Å². The van der Waals surface area contributed by atoms with Gasteiger partial charge >= 0.3 is 5.69 Å². The highest BCUT2D eigenvalue weighted by Gasteiger charge is 2.14. The second-order valence-corrected chi connectivity index (χ2v) is 6.06. The van der Waals surface area contributed by atoms with Gasteiger partial charge in [-0.1, -0.05) is 29.3 Å². The van der Waals surface area contributed by atoms with Gasteiger partial charge in [-0.3, -0.25) is 4.57 Å². The first kappa shape index (κ1) is 16.7. The molecule has 0 aliphatic heterocycles. The lowest BCUT2D eigenvalue weighted by Gasteiger charge is -2.15. The Morgan fingerprint density at radius 1 is 1.27 bits per heavy atom. The number of nitrogens with two attached hydrogens (primary N) is 1. The van der Waals surface area contributed by atoms with Crippen molar-refractivity contribution in [2.24, 2.45) is 0 Å². The minimum atomic E-state index is -0.395. The van der Waals surface area contributed by atoms with Gasteiger partial charge in [0.1, 0.15) is 12.5 Å². The van der Waals surface area contributed by atoms with Crippen molar-refractivity contribution in [3.8, 4) is 0 Å². The van der Waals surface area contributed by atoms with Crippen LogP contribution in [0.4, 0.5) is 5.82 Å². The number of nitrogens with zero attached hydrogens (tertiary/aromatic N) is 2. The topological polar surface area (TPSA) is 70.1 Å². The van der Waals surface area contributed by atoms with Crippen LogP contribution >= 0.6 is 15.9 Å². The van der Waals surface area contributed by atoms with Crippen LogP contribution in [0.1, 0.15) is 29.3 Å². The van der Waals surface area contributed by atoms with Crippen LogP contribution in [-0.4, -0.2) is 16.2 Å². The minimum Gasteiger partial charge on any atom is -0.383 e. The lowest BCUT2D eigenvalue weighted by Crippen LogP contribution is -2.29. The summed E-state index contributed by atoms with van der Waals surface area (Å²) in [5, 5.41) is 0. The molecule has 22 heavy (non-hydrogen) atoms. The molecule has 0 atom stereocenters. The molecule has 2 rings (SSSR count). The largest absolute Gasteiger partial charge is 0.383 e. The molecule has 2 aromatic rings. The molecule has 1 aromatic carbocycles. The monoisotopic (exact) mass is 365 g/mol. The number of aryl methyl sites for hydroxylation is 2. The van der Waals surface area contributed by atoms with Gasteiger partial charge in [-0.2, -0.15) is 4.98 Å². The molecular formula is C16H20BrN3O2. The summed E-state index contributed by atoms with van der Waals surface area (Å²) < 4.78 is 7.54. The van der Waals surface area contributed by atoms with Crippen molar-refractivity contribution in [1.29, 1.82) is 0 Å². The van der Waals surface area contributed by atoms with Gasteiger partial charge in [-0.25, -0.2) is 4.79 Å². The third-order valence-corrected chi connectivity index (χ3v) is 4.19. The maximum Gasteiger partial charge on any atom is 0.351 e. The molecule has 0 fully saturated rings. The molecule has 5 nitrogen and oxygen atoms in total. The fraction of sp³-hybridized carbons (Fsp3) is 0.375. The van der Waals surface area contributed by atoms with Crippen molar-refractivity contribution < 1.29 is 4.74 Å². The molecule has 0 aliphatic rings. The summed E-state index contributed by atoms with van der Waals surface area (Å²) in [5.41, 5.74) is 9.69. The standard InChI is InChI=1S/C16H20BrN3O2/c1-4-22-9-20-13(14(17)15(18)19-16(20)21)8-12-6-10(2)5-11(3)7-12/h5-7H,4,8-9H2,1-3H3,(H2,18,19,21). The van der Waals surface area contributed by atoms with Gasteiger partial charge in [0, 0.05) is 18.7 Å². The molecule has 0 saturated carbocycles. The molecule has 0 bridgehead atoms. The van der Waals surface area contributed by atoms with Gasteiger partial charge in [0.15, 0.2) is 0 Å². The Morgan fingerprint density at radius 3 is 2.50 bits per heavy atom. The third-order valence-electron chi connectivity index (χ3n) is 3.33. The van der Waals surface area contributed by atoms with Crippen LogP contribution in [0.15, 0.2) is 27.5 Å². The number of nitrogen functional groups attached to an aromatic ring is 1. The Morgan fingerprint density at radius 2 is 1.91 bits per heavy atom. The van der Waals surface area contributed by atoms with Crippen LogP contribution in [0.3, 0.4) is 0 Å². The zero-order valence-electron chi connectivity index (χ0n) is 13.0. The van der Waals surface area contributed by atoms with Crippen LogP contribution < -0.4 is 11.4 Å². The predicted molar refractivity (Wildman–Crippen MR) is 91.0 cm³/mol. The van der Waals surface area contributed by atoms with Crippen LogP contribution in [0.25, 0.3) is 0 Å². The van der Waals surface area contributed by atoms with E-state index in [0.29, 0.717) is 17.5 Å². The Kier molecular flexibility index (Phi) is 5.37. The van der Waals surface area contributed by atoms with E-state index >= 15 is 0 Å². The third kappa shape index (κ3) is 3.75. The molecule has 1 aromatic heterocycles. The van der Waals surface area contributed by atoms with Gasteiger partial charge in [0.2, 0.25) is 0 Å². The second kappa shape index (κ2) is 7.07. The van der Waals surface area contributed by atoms with Gasteiger partial charge in [-0.15, -0.1) is 0 Å². The highest BCUT2D eigenvalue weighted by Crippen LogP contribution is 2.24. The number of anilines is 1. The van der Waals surface area contributed by atoms with E-state index in [1.807, 2.05) is 6.92 Å². The smallest absolute Gasteiger partial charge is 0.351 e. The lowest BCUT2D eigenvalue weighted by molar-refractivity contribution is 0.0824. The average Bonchev–Trinajstić information content (AvgIpc) is 2.43. The molecule has 6 heteroatoms. The summed E-state index contributed by atoms with van der Waals surface area (Å²) in [6.45, 7) is 6.69. The first-order valence-corrected chi connectivity index (χ1v) is 7.91. The fourth-order valence-electron chi connectivity index (χ4n) is 2.45. The van der Waals surface area contributed by atoms with E-state index in [1.165, 1.54) is 15.7 Å². The molecule has 1 heterocycles. The maximum absolute atomic E-state index is 12.1. The van der Waals surface area contributed by atoms with E-state index in [-0.39, 0.29) is 12.5 Å². The second-order valence-electron chi connectivity index (χ2n) is 5.26. The van der Waals surface area contributed by atoms with Gasteiger partial charge < -0.3 is 10.5 Å². The van der Waals surface area contributed by atoms with E-state index in [0.717, 1.165) is 11.3 Å². The molecule has 0 unspecified atom stereocenters. The number of hydrogen-bond acceptors (Lipinski definition) is 4. The molecule has 0 amide bonds. The summed E-state index contributed by atoms with van der Waals surface area (Å²) >= 11 is 3.45. The zero-order valence-corrected chi connectivity index (χ0v) is 14.6. The number of rotatable bonds is 5. The molecule has 0 saturated heterocycles. The zero-order chi connectivity index (χ0) is 16.3. The number of hydrogen-bond donors (Lipinski definition) is 1. The van der Waals surface area contributed by atoms with Crippen LogP contribution in [0.2, 0.25) is 0 Å². The minimum absolute atomic E-state index is 0.168. The van der Waals surface area contributed by atoms with Gasteiger partial charge in [-0.05, 0) is 42.3 Å². The summed E-state index contributed by atoms with van der Waals surface area (Å²) in [4.78, 5) is 15.9. The average molecular weight is 366 g/mol. The molecule has 0 radical (unpaired) electrons. The number of ether oxygens (including phenoxy) is 1. The first-order chi connectivity index (χ1) is 10.4. The quantitative estimate of drug-likeness (QED) is 0.884. The van der Waals surface area contributed by atoms with Crippen molar-refractivity contribution in [2.75, 3.05) is 12.3 Å². The molecule has 0 spiro atoms. The van der Waals surface area contributed by atoms with Gasteiger partial charge in [0.05, 0.1) is 4.47 Å². The molecular weight excluding hydrogens is 346 g/mol.